The SMILES string of the molecule is CCNC(CCS)C(=O)NCCc1ccccn1. The highest BCUT2D eigenvalue weighted by molar-refractivity contribution is 7.80. The maximum atomic E-state index is 11.9. The van der Waals surface area contributed by atoms with E-state index in [1.54, 1.807) is 6.20 Å². The highest BCUT2D eigenvalue weighted by Gasteiger charge is 2.15. The summed E-state index contributed by atoms with van der Waals surface area (Å²) in [6.07, 6.45) is 3.26. The van der Waals surface area contributed by atoms with Crippen molar-refractivity contribution in [1.29, 1.82) is 0 Å². The molecule has 18 heavy (non-hydrogen) atoms. The van der Waals surface area contributed by atoms with E-state index in [1.165, 1.54) is 0 Å². The van der Waals surface area contributed by atoms with Crippen LogP contribution in [-0.2, 0) is 11.2 Å². The highest BCUT2D eigenvalue weighted by Crippen LogP contribution is 1.96. The second kappa shape index (κ2) is 8.94. The molecule has 0 spiro atoms. The van der Waals surface area contributed by atoms with Crippen molar-refractivity contribution in [1.82, 2.24) is 15.6 Å². The van der Waals surface area contributed by atoms with E-state index in [2.05, 4.69) is 28.2 Å². The van der Waals surface area contributed by atoms with Crippen molar-refractivity contribution in [3.05, 3.63) is 30.1 Å². The molecular weight excluding hydrogens is 246 g/mol. The summed E-state index contributed by atoms with van der Waals surface area (Å²) in [4.78, 5) is 16.1. The Bertz CT molecular complexity index is 339. The van der Waals surface area contributed by atoms with Crippen molar-refractivity contribution in [2.75, 3.05) is 18.8 Å². The van der Waals surface area contributed by atoms with Crippen LogP contribution in [0.25, 0.3) is 0 Å². The van der Waals surface area contributed by atoms with Gasteiger partial charge in [0.1, 0.15) is 0 Å². The van der Waals surface area contributed by atoms with Crippen LogP contribution < -0.4 is 10.6 Å². The quantitative estimate of drug-likeness (QED) is 0.617. The first kappa shape index (κ1) is 15.0. The van der Waals surface area contributed by atoms with Crippen LogP contribution in [-0.4, -0.2) is 35.8 Å². The molecule has 1 heterocycles. The number of carbonyl (C=O) groups is 1. The summed E-state index contributed by atoms with van der Waals surface area (Å²) >= 11 is 4.17. The molecule has 1 aromatic heterocycles. The fourth-order valence-electron chi connectivity index (χ4n) is 1.68. The molecule has 1 amide bonds. The van der Waals surface area contributed by atoms with E-state index in [-0.39, 0.29) is 11.9 Å². The number of hydrogen-bond acceptors (Lipinski definition) is 4. The number of aromatic nitrogens is 1. The summed E-state index contributed by atoms with van der Waals surface area (Å²) in [5.41, 5.74) is 0.993. The summed E-state index contributed by atoms with van der Waals surface area (Å²) in [5.74, 6) is 0.743. The molecule has 1 unspecified atom stereocenters. The molecule has 0 radical (unpaired) electrons. The molecule has 0 fully saturated rings. The third kappa shape index (κ3) is 5.51. The zero-order valence-electron chi connectivity index (χ0n) is 10.7. The van der Waals surface area contributed by atoms with E-state index in [4.69, 9.17) is 0 Å². The van der Waals surface area contributed by atoms with Crippen LogP contribution in [0.2, 0.25) is 0 Å². The van der Waals surface area contributed by atoms with Crippen LogP contribution in [0, 0.1) is 0 Å². The van der Waals surface area contributed by atoms with E-state index in [0.717, 1.165) is 25.1 Å². The zero-order valence-corrected chi connectivity index (χ0v) is 11.6. The van der Waals surface area contributed by atoms with Gasteiger partial charge in [-0.2, -0.15) is 12.6 Å². The lowest BCUT2D eigenvalue weighted by atomic mass is 10.2. The number of likely N-dealkylation sites (N-methyl/N-ethyl adjacent to an activating group) is 1. The van der Waals surface area contributed by atoms with Gasteiger partial charge in [0.25, 0.3) is 0 Å². The smallest absolute Gasteiger partial charge is 0.237 e. The van der Waals surface area contributed by atoms with Gasteiger partial charge in [0.2, 0.25) is 5.91 Å². The fraction of sp³-hybridized carbons (Fsp3) is 0.538. The number of thiol groups is 1. The molecule has 2 N–H and O–H groups in total. The van der Waals surface area contributed by atoms with Crippen LogP contribution in [0.3, 0.4) is 0 Å². The van der Waals surface area contributed by atoms with Gasteiger partial charge in [0.15, 0.2) is 0 Å². The molecule has 0 saturated carbocycles. The summed E-state index contributed by atoms with van der Waals surface area (Å²) < 4.78 is 0. The highest BCUT2D eigenvalue weighted by atomic mass is 32.1. The number of pyridine rings is 1. The predicted octanol–water partition coefficient (Wildman–Crippen LogP) is 1.04. The lowest BCUT2D eigenvalue weighted by Gasteiger charge is -2.16. The second-order valence-corrected chi connectivity index (χ2v) is 4.43. The Hall–Kier alpha value is -1.07. The summed E-state index contributed by atoms with van der Waals surface area (Å²) in [6.45, 7) is 3.39. The first-order chi connectivity index (χ1) is 8.77. The third-order valence-corrected chi connectivity index (χ3v) is 2.85. The maximum Gasteiger partial charge on any atom is 0.237 e. The molecule has 0 bridgehead atoms. The Morgan fingerprint density at radius 2 is 2.33 bits per heavy atom. The molecule has 0 aliphatic carbocycles. The Labute approximate surface area is 114 Å². The molecule has 0 aliphatic rings. The number of amides is 1. The number of nitrogens with zero attached hydrogens (tertiary/aromatic N) is 1. The van der Waals surface area contributed by atoms with Crippen LogP contribution in [0.4, 0.5) is 0 Å². The Kier molecular flexibility index (Phi) is 7.44. The van der Waals surface area contributed by atoms with E-state index >= 15 is 0 Å². The Morgan fingerprint density at radius 1 is 1.50 bits per heavy atom. The number of nitrogens with one attached hydrogen (secondary N) is 2. The summed E-state index contributed by atoms with van der Waals surface area (Å²) in [7, 11) is 0. The van der Waals surface area contributed by atoms with Crippen molar-refractivity contribution in [2.45, 2.75) is 25.8 Å². The number of hydrogen-bond donors (Lipinski definition) is 3. The molecule has 0 aromatic carbocycles. The standard InChI is InChI=1S/C13H21N3OS/c1-2-14-12(7-10-18)13(17)16-9-6-11-5-3-4-8-15-11/h3-5,8,12,14,18H,2,6-7,9-10H2,1H3,(H,16,17). The zero-order chi connectivity index (χ0) is 13.2. The molecule has 0 saturated heterocycles. The van der Waals surface area contributed by atoms with Crippen molar-refractivity contribution in [3.63, 3.8) is 0 Å². The topological polar surface area (TPSA) is 54.0 Å². The molecule has 1 aromatic rings. The first-order valence-electron chi connectivity index (χ1n) is 6.29. The van der Waals surface area contributed by atoms with Crippen molar-refractivity contribution < 1.29 is 4.79 Å². The molecular formula is C13H21N3OS. The third-order valence-electron chi connectivity index (χ3n) is 2.59. The van der Waals surface area contributed by atoms with E-state index in [1.807, 2.05) is 25.1 Å². The first-order valence-corrected chi connectivity index (χ1v) is 6.93. The van der Waals surface area contributed by atoms with Gasteiger partial charge in [-0.15, -0.1) is 0 Å². The largest absolute Gasteiger partial charge is 0.354 e. The Morgan fingerprint density at radius 3 is 2.94 bits per heavy atom. The average molecular weight is 267 g/mol. The minimum atomic E-state index is -0.142. The van der Waals surface area contributed by atoms with E-state index < -0.39 is 0 Å². The van der Waals surface area contributed by atoms with Gasteiger partial charge in [0, 0.05) is 24.9 Å². The monoisotopic (exact) mass is 267 g/mol. The molecule has 4 nitrogen and oxygen atoms in total. The lowest BCUT2D eigenvalue weighted by Crippen LogP contribution is -2.45. The van der Waals surface area contributed by atoms with Gasteiger partial charge in [-0.05, 0) is 30.9 Å². The molecule has 1 rings (SSSR count). The van der Waals surface area contributed by atoms with Crippen LogP contribution in [0.5, 0.6) is 0 Å². The van der Waals surface area contributed by atoms with Gasteiger partial charge < -0.3 is 10.6 Å². The molecule has 1 atom stereocenters. The van der Waals surface area contributed by atoms with Crippen molar-refractivity contribution >= 4 is 18.5 Å². The van der Waals surface area contributed by atoms with Crippen LogP contribution in [0.15, 0.2) is 24.4 Å². The normalized spacial score (nSPS) is 12.1. The van der Waals surface area contributed by atoms with Gasteiger partial charge in [-0.1, -0.05) is 13.0 Å². The molecule has 5 heteroatoms. The van der Waals surface area contributed by atoms with Crippen LogP contribution in [0.1, 0.15) is 19.0 Å². The minimum absolute atomic E-state index is 0.0434. The average Bonchev–Trinajstić information content (AvgIpc) is 2.39. The number of rotatable bonds is 8. The fourth-order valence-corrected chi connectivity index (χ4v) is 1.94. The summed E-state index contributed by atoms with van der Waals surface area (Å²) in [6, 6.07) is 5.65. The maximum absolute atomic E-state index is 11.9. The van der Waals surface area contributed by atoms with Gasteiger partial charge in [0.05, 0.1) is 6.04 Å². The summed E-state index contributed by atoms with van der Waals surface area (Å²) in [5, 5.41) is 6.08. The predicted molar refractivity (Wildman–Crippen MR) is 76.9 cm³/mol. The molecule has 100 valence electrons. The minimum Gasteiger partial charge on any atom is -0.354 e. The number of carbonyl (C=O) groups excluding carboxylic acids is 1. The second-order valence-electron chi connectivity index (χ2n) is 3.98. The van der Waals surface area contributed by atoms with E-state index in [9.17, 15) is 4.79 Å². The molecule has 0 aliphatic heterocycles. The van der Waals surface area contributed by atoms with Crippen molar-refractivity contribution in [3.8, 4) is 0 Å². The van der Waals surface area contributed by atoms with Crippen molar-refractivity contribution in [2.24, 2.45) is 0 Å². The lowest BCUT2D eigenvalue weighted by molar-refractivity contribution is -0.123. The Balaban J connectivity index is 2.30. The van der Waals surface area contributed by atoms with E-state index in [0.29, 0.717) is 12.3 Å². The van der Waals surface area contributed by atoms with Gasteiger partial charge in [-0.25, -0.2) is 0 Å². The van der Waals surface area contributed by atoms with Gasteiger partial charge in [-0.3, -0.25) is 9.78 Å². The van der Waals surface area contributed by atoms with Crippen LogP contribution >= 0.6 is 12.6 Å². The van der Waals surface area contributed by atoms with Gasteiger partial charge >= 0.3 is 0 Å².